The summed E-state index contributed by atoms with van der Waals surface area (Å²) in [7, 11) is -3.69. The van der Waals surface area contributed by atoms with Gasteiger partial charge in [-0.1, -0.05) is 26.2 Å². The van der Waals surface area contributed by atoms with Crippen molar-refractivity contribution in [1.82, 2.24) is 0 Å². The highest BCUT2D eigenvalue weighted by Crippen LogP contribution is 2.23. The molecule has 0 aromatic heterocycles. The molecule has 0 aliphatic heterocycles. The van der Waals surface area contributed by atoms with E-state index in [4.69, 9.17) is 10.9 Å². The van der Waals surface area contributed by atoms with Crippen molar-refractivity contribution in [1.29, 1.82) is 0 Å². The average Bonchev–Trinajstić information content (AvgIpc) is 2.31. The summed E-state index contributed by atoms with van der Waals surface area (Å²) >= 11 is 0. The summed E-state index contributed by atoms with van der Waals surface area (Å²) < 4.78 is 22.6. The average molecular weight is 285 g/mol. The number of hydrogen-bond acceptors (Lipinski definition) is 4. The van der Waals surface area contributed by atoms with Gasteiger partial charge in [0.15, 0.2) is 0 Å². The molecule has 5 nitrogen and oxygen atoms in total. The highest BCUT2D eigenvalue weighted by molar-refractivity contribution is 7.89. The summed E-state index contributed by atoms with van der Waals surface area (Å²) in [6, 6.07) is 4.70. The standard InChI is InChI=1S/C13H23N3O2S/c1-3-4-5-6-10(2)16-13-9-11(19(15,17)18)7-8-12(13)14/h7-10,16H,3-6,14H2,1-2H3,(H2,15,17,18). The highest BCUT2D eigenvalue weighted by atomic mass is 32.2. The number of anilines is 2. The molecule has 1 atom stereocenters. The SMILES string of the molecule is CCCCCC(C)Nc1cc(S(N)(=O)=O)ccc1N. The van der Waals surface area contributed by atoms with Crippen molar-refractivity contribution in [2.45, 2.75) is 50.5 Å². The van der Waals surface area contributed by atoms with Crippen molar-refractivity contribution in [2.24, 2.45) is 5.14 Å². The number of nitrogen functional groups attached to an aromatic ring is 1. The number of hydrogen-bond donors (Lipinski definition) is 3. The topological polar surface area (TPSA) is 98.2 Å². The molecule has 5 N–H and O–H groups in total. The first-order valence-corrected chi connectivity index (χ1v) is 8.08. The van der Waals surface area contributed by atoms with E-state index in [1.54, 1.807) is 6.07 Å². The first-order chi connectivity index (χ1) is 8.84. The molecular formula is C13H23N3O2S. The third-order valence-electron chi connectivity index (χ3n) is 3.00. The van der Waals surface area contributed by atoms with Gasteiger partial charge in [0.05, 0.1) is 16.3 Å². The molecular weight excluding hydrogens is 262 g/mol. The molecule has 6 heteroatoms. The van der Waals surface area contributed by atoms with E-state index in [0.717, 1.165) is 12.8 Å². The summed E-state index contributed by atoms with van der Waals surface area (Å²) in [5.74, 6) is 0. The Kier molecular flexibility index (Phi) is 5.62. The number of nitrogens with two attached hydrogens (primary N) is 2. The van der Waals surface area contributed by atoms with E-state index in [1.807, 2.05) is 0 Å². The van der Waals surface area contributed by atoms with Gasteiger partial charge in [0.2, 0.25) is 10.0 Å². The van der Waals surface area contributed by atoms with Gasteiger partial charge < -0.3 is 11.1 Å². The summed E-state index contributed by atoms with van der Waals surface area (Å²) in [6.07, 6.45) is 4.53. The van der Waals surface area contributed by atoms with Crippen LogP contribution in [0, 0.1) is 0 Å². The molecule has 1 aromatic carbocycles. The molecule has 108 valence electrons. The van der Waals surface area contributed by atoms with E-state index in [-0.39, 0.29) is 10.9 Å². The van der Waals surface area contributed by atoms with E-state index in [9.17, 15) is 8.42 Å². The van der Waals surface area contributed by atoms with E-state index in [2.05, 4.69) is 19.2 Å². The van der Waals surface area contributed by atoms with Gasteiger partial charge >= 0.3 is 0 Å². The second-order valence-electron chi connectivity index (χ2n) is 4.84. The Morgan fingerprint density at radius 2 is 2.00 bits per heavy atom. The van der Waals surface area contributed by atoms with Crippen LogP contribution in [0.5, 0.6) is 0 Å². The van der Waals surface area contributed by atoms with Crippen LogP contribution in [0.15, 0.2) is 23.1 Å². The highest BCUT2D eigenvalue weighted by Gasteiger charge is 2.11. The van der Waals surface area contributed by atoms with Crippen LogP contribution >= 0.6 is 0 Å². The lowest BCUT2D eigenvalue weighted by molar-refractivity contribution is 0.597. The minimum Gasteiger partial charge on any atom is -0.397 e. The molecule has 0 amide bonds. The molecule has 0 fully saturated rings. The molecule has 0 heterocycles. The van der Waals surface area contributed by atoms with Crippen LogP contribution in [-0.2, 0) is 10.0 Å². The van der Waals surface area contributed by atoms with Gasteiger partial charge in [0, 0.05) is 6.04 Å². The molecule has 0 radical (unpaired) electrons. The van der Waals surface area contributed by atoms with Gasteiger partial charge in [-0.25, -0.2) is 13.6 Å². The van der Waals surface area contributed by atoms with Crippen molar-refractivity contribution in [3.63, 3.8) is 0 Å². The molecule has 1 aromatic rings. The van der Waals surface area contributed by atoms with Crippen LogP contribution in [-0.4, -0.2) is 14.5 Å². The Labute approximate surface area is 115 Å². The lowest BCUT2D eigenvalue weighted by Crippen LogP contribution is -2.17. The normalized spacial score (nSPS) is 13.2. The van der Waals surface area contributed by atoms with Crippen LogP contribution in [0.25, 0.3) is 0 Å². The van der Waals surface area contributed by atoms with Crippen molar-refractivity contribution >= 4 is 21.4 Å². The maximum Gasteiger partial charge on any atom is 0.238 e. The number of nitrogens with one attached hydrogen (secondary N) is 1. The number of sulfonamides is 1. The molecule has 0 bridgehead atoms. The van der Waals surface area contributed by atoms with E-state index < -0.39 is 10.0 Å². The van der Waals surface area contributed by atoms with Crippen molar-refractivity contribution < 1.29 is 8.42 Å². The maximum atomic E-state index is 11.3. The van der Waals surface area contributed by atoms with Crippen molar-refractivity contribution in [3.05, 3.63) is 18.2 Å². The minimum atomic E-state index is -3.69. The Morgan fingerprint density at radius 1 is 1.32 bits per heavy atom. The number of unbranched alkanes of at least 4 members (excludes halogenated alkanes) is 2. The van der Waals surface area contributed by atoms with E-state index in [1.165, 1.54) is 25.0 Å². The van der Waals surface area contributed by atoms with Crippen LogP contribution in [0.1, 0.15) is 39.5 Å². The zero-order chi connectivity index (χ0) is 14.5. The Morgan fingerprint density at radius 3 is 2.58 bits per heavy atom. The molecule has 1 unspecified atom stereocenters. The summed E-state index contributed by atoms with van der Waals surface area (Å²) in [5, 5.41) is 8.34. The molecule has 0 spiro atoms. The molecule has 0 saturated heterocycles. The Bertz CT molecular complexity index is 515. The minimum absolute atomic E-state index is 0.0740. The quantitative estimate of drug-likeness (QED) is 0.529. The molecule has 1 rings (SSSR count). The van der Waals surface area contributed by atoms with Crippen LogP contribution in [0.2, 0.25) is 0 Å². The van der Waals surface area contributed by atoms with Gasteiger partial charge in [0.1, 0.15) is 0 Å². The summed E-state index contributed by atoms with van der Waals surface area (Å²) in [5.41, 5.74) is 6.98. The molecule has 0 aliphatic carbocycles. The van der Waals surface area contributed by atoms with Gasteiger partial charge in [-0.3, -0.25) is 0 Å². The van der Waals surface area contributed by atoms with E-state index >= 15 is 0 Å². The van der Waals surface area contributed by atoms with Crippen molar-refractivity contribution in [3.8, 4) is 0 Å². The second kappa shape index (κ2) is 6.77. The van der Waals surface area contributed by atoms with Gasteiger partial charge in [-0.2, -0.15) is 0 Å². The van der Waals surface area contributed by atoms with E-state index in [0.29, 0.717) is 11.4 Å². The lowest BCUT2D eigenvalue weighted by Gasteiger charge is -2.17. The maximum absolute atomic E-state index is 11.3. The first-order valence-electron chi connectivity index (χ1n) is 6.53. The van der Waals surface area contributed by atoms with Crippen molar-refractivity contribution in [2.75, 3.05) is 11.1 Å². The third kappa shape index (κ3) is 5.08. The molecule has 19 heavy (non-hydrogen) atoms. The molecule has 0 saturated carbocycles. The zero-order valence-electron chi connectivity index (χ0n) is 11.5. The predicted molar refractivity (Wildman–Crippen MR) is 79.5 cm³/mol. The summed E-state index contributed by atoms with van der Waals surface area (Å²) in [6.45, 7) is 4.21. The van der Waals surface area contributed by atoms with Gasteiger partial charge in [0.25, 0.3) is 0 Å². The number of rotatable bonds is 7. The fourth-order valence-electron chi connectivity index (χ4n) is 1.88. The second-order valence-corrected chi connectivity index (χ2v) is 6.40. The third-order valence-corrected chi connectivity index (χ3v) is 3.91. The first kappa shape index (κ1) is 15.8. The lowest BCUT2D eigenvalue weighted by atomic mass is 10.1. The smallest absolute Gasteiger partial charge is 0.238 e. The van der Waals surface area contributed by atoms with Crippen LogP contribution in [0.3, 0.4) is 0 Å². The Balaban J connectivity index is 2.77. The van der Waals surface area contributed by atoms with Crippen LogP contribution < -0.4 is 16.2 Å². The Hall–Kier alpha value is -1.27. The molecule has 0 aliphatic rings. The number of primary sulfonamides is 1. The zero-order valence-corrected chi connectivity index (χ0v) is 12.3. The summed E-state index contributed by atoms with van der Waals surface area (Å²) in [4.78, 5) is 0.0740. The monoisotopic (exact) mass is 285 g/mol. The van der Waals surface area contributed by atoms with Gasteiger partial charge in [-0.15, -0.1) is 0 Å². The predicted octanol–water partition coefficient (Wildman–Crippen LogP) is 2.30. The number of benzene rings is 1. The fraction of sp³-hybridized carbons (Fsp3) is 0.538. The fourth-order valence-corrected chi connectivity index (χ4v) is 2.42. The largest absolute Gasteiger partial charge is 0.397 e. The van der Waals surface area contributed by atoms with Crippen LogP contribution in [0.4, 0.5) is 11.4 Å². The van der Waals surface area contributed by atoms with Gasteiger partial charge in [-0.05, 0) is 31.5 Å².